The van der Waals surface area contributed by atoms with Crippen LogP contribution in [0, 0.1) is 13.8 Å². The van der Waals surface area contributed by atoms with Gasteiger partial charge in [0.1, 0.15) is 23.4 Å². The molecule has 3 N–H and O–H groups in total. The predicted molar refractivity (Wildman–Crippen MR) is 144 cm³/mol. The number of alkyl carbamates (subject to hydrolysis) is 1. The van der Waals surface area contributed by atoms with Crippen molar-refractivity contribution in [2.75, 3.05) is 7.05 Å². The van der Waals surface area contributed by atoms with E-state index >= 15 is 0 Å². The molecule has 0 fully saturated rings. The van der Waals surface area contributed by atoms with Gasteiger partial charge in [-0.25, -0.2) is 4.79 Å². The molecule has 0 aliphatic heterocycles. The molecule has 0 radical (unpaired) electrons. The molecule has 0 aliphatic rings. The number of likely N-dealkylation sites (N-methyl/N-ethyl adjacent to an activating group) is 1. The normalized spacial score (nSPS) is 13.3. The van der Waals surface area contributed by atoms with Crippen LogP contribution in [0.5, 0.6) is 5.75 Å². The third-order valence-corrected chi connectivity index (χ3v) is 5.41. The highest BCUT2D eigenvalue weighted by Crippen LogP contribution is 2.25. The number of hydrogen-bond donors (Lipinski definition) is 3. The van der Waals surface area contributed by atoms with Gasteiger partial charge in [-0.3, -0.25) is 9.59 Å². The number of phenolic OH excluding ortho intramolecular Hbond substituents is 1. The SMILES string of the molecule is Cc1cc(C)cc(C(C(=O)NC(C)(C)C)N(C)C(=O)C(Cc2ccc(O)cc2)NC(=O)OC(C)(C)C)c1. The van der Waals surface area contributed by atoms with Crippen molar-refractivity contribution in [3.8, 4) is 5.75 Å². The maximum absolute atomic E-state index is 13.9. The number of aromatic hydroxyl groups is 1. The molecule has 0 bridgehead atoms. The Morgan fingerprint density at radius 1 is 0.946 bits per heavy atom. The van der Waals surface area contributed by atoms with Gasteiger partial charge in [-0.2, -0.15) is 0 Å². The van der Waals surface area contributed by atoms with Crippen LogP contribution in [0.25, 0.3) is 0 Å². The zero-order chi connectivity index (χ0) is 28.1. The highest BCUT2D eigenvalue weighted by molar-refractivity contribution is 5.92. The summed E-state index contributed by atoms with van der Waals surface area (Å²) in [4.78, 5) is 41.4. The van der Waals surface area contributed by atoms with Crippen molar-refractivity contribution in [1.29, 1.82) is 0 Å². The van der Waals surface area contributed by atoms with E-state index in [9.17, 15) is 19.5 Å². The summed E-state index contributed by atoms with van der Waals surface area (Å²) in [7, 11) is 1.56. The topological polar surface area (TPSA) is 108 Å². The second-order valence-corrected chi connectivity index (χ2v) is 11.6. The molecule has 2 aromatic carbocycles. The summed E-state index contributed by atoms with van der Waals surface area (Å²) in [5.74, 6) is -0.682. The summed E-state index contributed by atoms with van der Waals surface area (Å²) in [5, 5.41) is 15.3. The average molecular weight is 512 g/mol. The van der Waals surface area contributed by atoms with Crippen LogP contribution in [0.2, 0.25) is 0 Å². The van der Waals surface area contributed by atoms with Crippen LogP contribution in [0.3, 0.4) is 0 Å². The molecule has 3 amide bonds. The number of ether oxygens (including phenoxy) is 1. The van der Waals surface area contributed by atoms with Crippen molar-refractivity contribution in [2.45, 2.75) is 85.0 Å². The first kappa shape index (κ1) is 29.7. The average Bonchev–Trinajstić information content (AvgIpc) is 2.71. The number of benzene rings is 2. The van der Waals surface area contributed by atoms with Crippen molar-refractivity contribution >= 4 is 17.9 Å². The lowest BCUT2D eigenvalue weighted by atomic mass is 9.97. The van der Waals surface area contributed by atoms with Gasteiger partial charge >= 0.3 is 6.09 Å². The maximum atomic E-state index is 13.9. The Bertz CT molecular complexity index is 1090. The molecule has 2 unspecified atom stereocenters. The van der Waals surface area contributed by atoms with E-state index in [2.05, 4.69) is 10.6 Å². The summed E-state index contributed by atoms with van der Waals surface area (Å²) in [6.45, 7) is 14.7. The lowest BCUT2D eigenvalue weighted by Gasteiger charge is -2.34. The summed E-state index contributed by atoms with van der Waals surface area (Å²) in [5.41, 5.74) is 2.07. The quantitative estimate of drug-likeness (QED) is 0.505. The standard InChI is InChI=1S/C29H41N3O5/c1-18-14-19(2)16-21(15-18)24(25(34)31-28(3,4)5)32(9)26(35)23(30-27(36)37-29(6,7)8)17-20-10-12-22(33)13-11-20/h10-16,23-24,33H,17H2,1-9H3,(H,30,36)(H,31,34). The number of phenols is 1. The van der Waals surface area contributed by atoms with Gasteiger partial charge in [0.25, 0.3) is 0 Å². The predicted octanol–water partition coefficient (Wildman–Crippen LogP) is 4.56. The molecule has 0 saturated carbocycles. The minimum atomic E-state index is -1.01. The molecule has 2 rings (SSSR count). The van der Waals surface area contributed by atoms with Crippen LogP contribution in [-0.2, 0) is 20.7 Å². The Kier molecular flexibility index (Phi) is 9.36. The molecule has 8 nitrogen and oxygen atoms in total. The van der Waals surface area contributed by atoms with Gasteiger partial charge in [-0.1, -0.05) is 41.5 Å². The number of rotatable bonds is 7. The molecule has 37 heavy (non-hydrogen) atoms. The number of hydrogen-bond acceptors (Lipinski definition) is 5. The monoisotopic (exact) mass is 511 g/mol. The van der Waals surface area contributed by atoms with Gasteiger partial charge in [0, 0.05) is 19.0 Å². The number of nitrogens with one attached hydrogen (secondary N) is 2. The van der Waals surface area contributed by atoms with E-state index in [0.29, 0.717) is 5.56 Å². The van der Waals surface area contributed by atoms with Gasteiger partial charge in [-0.15, -0.1) is 0 Å². The summed E-state index contributed by atoms with van der Waals surface area (Å²) < 4.78 is 5.40. The second-order valence-electron chi connectivity index (χ2n) is 11.6. The Morgan fingerprint density at radius 3 is 1.97 bits per heavy atom. The fraction of sp³-hybridized carbons (Fsp3) is 0.483. The van der Waals surface area contributed by atoms with Crippen molar-refractivity contribution < 1.29 is 24.2 Å². The molecule has 2 atom stereocenters. The Morgan fingerprint density at radius 2 is 1.49 bits per heavy atom. The lowest BCUT2D eigenvalue weighted by molar-refractivity contribution is -0.141. The van der Waals surface area contributed by atoms with E-state index in [4.69, 9.17) is 4.74 Å². The van der Waals surface area contributed by atoms with E-state index in [1.807, 2.05) is 52.8 Å². The first-order valence-electron chi connectivity index (χ1n) is 12.4. The molecule has 8 heteroatoms. The fourth-order valence-electron chi connectivity index (χ4n) is 4.05. The second kappa shape index (κ2) is 11.7. The zero-order valence-corrected chi connectivity index (χ0v) is 23.4. The van der Waals surface area contributed by atoms with Crippen LogP contribution in [-0.4, -0.2) is 52.1 Å². The van der Waals surface area contributed by atoms with Gasteiger partial charge < -0.3 is 25.4 Å². The number of carbonyl (C=O) groups is 3. The number of carbonyl (C=O) groups excluding carboxylic acids is 3. The number of aryl methyl sites for hydroxylation is 2. The van der Waals surface area contributed by atoms with Crippen molar-refractivity contribution in [1.82, 2.24) is 15.5 Å². The highest BCUT2D eigenvalue weighted by Gasteiger charge is 2.35. The van der Waals surface area contributed by atoms with Crippen molar-refractivity contribution in [3.05, 3.63) is 64.7 Å². The smallest absolute Gasteiger partial charge is 0.408 e. The van der Waals surface area contributed by atoms with Gasteiger partial charge in [-0.05, 0) is 78.6 Å². The Balaban J connectivity index is 2.47. The first-order valence-corrected chi connectivity index (χ1v) is 12.4. The molecule has 0 aliphatic carbocycles. The fourth-order valence-corrected chi connectivity index (χ4v) is 4.05. The first-order chi connectivity index (χ1) is 16.9. The van der Waals surface area contributed by atoms with Crippen LogP contribution in [0.1, 0.15) is 69.8 Å². The van der Waals surface area contributed by atoms with E-state index < -0.39 is 35.2 Å². The lowest BCUT2D eigenvalue weighted by Crippen LogP contribution is -2.54. The molecular formula is C29H41N3O5. The van der Waals surface area contributed by atoms with Gasteiger partial charge in [0.15, 0.2) is 0 Å². The van der Waals surface area contributed by atoms with Crippen molar-refractivity contribution in [2.24, 2.45) is 0 Å². The van der Waals surface area contributed by atoms with Crippen molar-refractivity contribution in [3.63, 3.8) is 0 Å². The number of amides is 3. The molecule has 202 valence electrons. The third kappa shape index (κ3) is 9.44. The largest absolute Gasteiger partial charge is 0.508 e. The third-order valence-electron chi connectivity index (χ3n) is 5.41. The van der Waals surface area contributed by atoms with E-state index in [1.54, 1.807) is 40.0 Å². The molecule has 0 heterocycles. The minimum absolute atomic E-state index is 0.0950. The summed E-state index contributed by atoms with van der Waals surface area (Å²) >= 11 is 0. The Labute approximate surface area is 220 Å². The van der Waals surface area contributed by atoms with Gasteiger partial charge in [0.05, 0.1) is 0 Å². The summed E-state index contributed by atoms with van der Waals surface area (Å²) in [6, 6.07) is 10.2. The molecule has 2 aromatic rings. The van der Waals surface area contributed by atoms with Crippen LogP contribution in [0.4, 0.5) is 4.79 Å². The minimum Gasteiger partial charge on any atom is -0.508 e. The molecule has 0 spiro atoms. The van der Waals surface area contributed by atoms with Crippen LogP contribution < -0.4 is 10.6 Å². The maximum Gasteiger partial charge on any atom is 0.408 e. The zero-order valence-electron chi connectivity index (χ0n) is 23.4. The van der Waals surface area contributed by atoms with E-state index in [0.717, 1.165) is 16.7 Å². The number of nitrogens with zero attached hydrogens (tertiary/aromatic N) is 1. The highest BCUT2D eigenvalue weighted by atomic mass is 16.6. The molecule has 0 aromatic heterocycles. The summed E-state index contributed by atoms with van der Waals surface area (Å²) in [6.07, 6.45) is -0.594. The van der Waals surface area contributed by atoms with Crippen LogP contribution >= 0.6 is 0 Å². The van der Waals surface area contributed by atoms with Crippen LogP contribution in [0.15, 0.2) is 42.5 Å². The van der Waals surface area contributed by atoms with E-state index in [1.165, 1.54) is 17.0 Å². The van der Waals surface area contributed by atoms with E-state index in [-0.39, 0.29) is 18.1 Å². The molecular weight excluding hydrogens is 470 g/mol. The molecule has 0 saturated heterocycles. The Hall–Kier alpha value is -3.55. The van der Waals surface area contributed by atoms with Gasteiger partial charge in [0.2, 0.25) is 11.8 Å².